The number of methoxy groups -OCH3 is 1. The largest absolute Gasteiger partial charge is 0.497 e. The van der Waals surface area contributed by atoms with Crippen LogP contribution in [-0.2, 0) is 11.3 Å². The Morgan fingerprint density at radius 3 is 2.56 bits per heavy atom. The first-order valence-electron chi connectivity index (χ1n) is 8.05. The Hall–Kier alpha value is -3.17. The zero-order chi connectivity index (χ0) is 19.8. The number of nitrogens with zero attached hydrogens (tertiary/aromatic N) is 1. The highest BCUT2D eigenvalue weighted by Crippen LogP contribution is 2.30. The van der Waals surface area contributed by atoms with Gasteiger partial charge in [0.25, 0.3) is 5.69 Å². The summed E-state index contributed by atoms with van der Waals surface area (Å²) in [6.07, 6.45) is -3.83. The first kappa shape index (κ1) is 20.1. The molecule has 2 aromatic rings. The molecule has 0 aromatic heterocycles. The van der Waals surface area contributed by atoms with Crippen molar-refractivity contribution in [3.8, 4) is 5.75 Å². The summed E-state index contributed by atoms with van der Waals surface area (Å²) in [5, 5.41) is 33.8. The van der Waals surface area contributed by atoms with Crippen LogP contribution in [0.5, 0.6) is 5.75 Å². The maximum Gasteiger partial charge on any atom is 0.407 e. The maximum atomic E-state index is 11.7. The van der Waals surface area contributed by atoms with E-state index in [4.69, 9.17) is 9.47 Å². The Kier molecular flexibility index (Phi) is 7.09. The Bertz CT molecular complexity index is 783. The molecule has 1 amide bonds. The fraction of sp³-hybridized carbons (Fsp3) is 0.278. The summed E-state index contributed by atoms with van der Waals surface area (Å²) in [4.78, 5) is 22.2. The van der Waals surface area contributed by atoms with Gasteiger partial charge in [-0.25, -0.2) is 4.79 Å². The van der Waals surface area contributed by atoms with Crippen LogP contribution in [0.15, 0.2) is 48.5 Å². The van der Waals surface area contributed by atoms with Crippen molar-refractivity contribution in [2.45, 2.75) is 18.8 Å². The molecule has 2 rings (SSSR count). The average molecular weight is 376 g/mol. The van der Waals surface area contributed by atoms with Crippen molar-refractivity contribution in [3.63, 3.8) is 0 Å². The molecule has 27 heavy (non-hydrogen) atoms. The number of aliphatic hydroxyl groups is 2. The Labute approximate surface area is 155 Å². The van der Waals surface area contributed by atoms with Crippen molar-refractivity contribution < 1.29 is 29.4 Å². The van der Waals surface area contributed by atoms with Gasteiger partial charge < -0.3 is 25.0 Å². The zero-order valence-electron chi connectivity index (χ0n) is 14.6. The number of rotatable bonds is 8. The molecule has 144 valence electrons. The molecule has 0 spiro atoms. The number of nitro benzene ring substituents is 1. The predicted octanol–water partition coefficient (Wildman–Crippen LogP) is 1.92. The van der Waals surface area contributed by atoms with Crippen molar-refractivity contribution in [2.24, 2.45) is 0 Å². The van der Waals surface area contributed by atoms with Gasteiger partial charge in [-0.1, -0.05) is 30.3 Å². The topological polar surface area (TPSA) is 131 Å². The second-order valence-corrected chi connectivity index (χ2v) is 5.64. The first-order valence-corrected chi connectivity index (χ1v) is 8.05. The number of nitrogens with one attached hydrogen (secondary N) is 1. The van der Waals surface area contributed by atoms with Gasteiger partial charge in [-0.05, 0) is 17.7 Å². The molecule has 2 atom stereocenters. The van der Waals surface area contributed by atoms with Gasteiger partial charge in [0.15, 0.2) is 0 Å². The molecule has 0 fully saturated rings. The normalized spacial score (nSPS) is 12.7. The summed E-state index contributed by atoms with van der Waals surface area (Å²) in [6.45, 7) is -0.298. The van der Waals surface area contributed by atoms with Gasteiger partial charge in [-0.3, -0.25) is 10.1 Å². The van der Waals surface area contributed by atoms with Crippen LogP contribution < -0.4 is 10.1 Å². The van der Waals surface area contributed by atoms with Gasteiger partial charge in [0, 0.05) is 6.54 Å². The number of hydrogen-bond acceptors (Lipinski definition) is 7. The quantitative estimate of drug-likeness (QED) is 0.474. The molecule has 3 N–H and O–H groups in total. The Balaban J connectivity index is 1.92. The van der Waals surface area contributed by atoms with E-state index in [0.29, 0.717) is 0 Å². The molecule has 0 saturated carbocycles. The molecular formula is C18H20N2O7. The molecule has 0 radical (unpaired) electrons. The molecule has 0 aliphatic rings. The van der Waals surface area contributed by atoms with Crippen LogP contribution in [0.4, 0.5) is 10.5 Å². The van der Waals surface area contributed by atoms with Crippen molar-refractivity contribution >= 4 is 11.8 Å². The molecule has 2 aromatic carbocycles. The number of hydrogen-bond donors (Lipinski definition) is 3. The lowest BCUT2D eigenvalue weighted by Crippen LogP contribution is -2.36. The Morgan fingerprint density at radius 1 is 1.22 bits per heavy atom. The highest BCUT2D eigenvalue weighted by atomic mass is 16.6. The minimum absolute atomic E-state index is 0.0509. The number of carbonyl (C=O) groups is 1. The van der Waals surface area contributed by atoms with E-state index in [1.807, 2.05) is 6.07 Å². The van der Waals surface area contributed by atoms with Crippen LogP contribution in [0.25, 0.3) is 0 Å². The van der Waals surface area contributed by atoms with Crippen LogP contribution in [-0.4, -0.2) is 41.0 Å². The van der Waals surface area contributed by atoms with Gasteiger partial charge in [0.05, 0.1) is 23.7 Å². The zero-order valence-corrected chi connectivity index (χ0v) is 14.6. The second-order valence-electron chi connectivity index (χ2n) is 5.64. The number of nitro groups is 1. The second kappa shape index (κ2) is 9.51. The number of alkyl carbamates (subject to hydrolysis) is 1. The minimum atomic E-state index is -1.58. The third-order valence-corrected chi connectivity index (χ3v) is 3.79. The number of aliphatic hydroxyl groups excluding tert-OH is 2. The average Bonchev–Trinajstić information content (AvgIpc) is 2.70. The predicted molar refractivity (Wildman–Crippen MR) is 95.2 cm³/mol. The monoisotopic (exact) mass is 376 g/mol. The van der Waals surface area contributed by atoms with Gasteiger partial charge in [0.1, 0.15) is 24.6 Å². The van der Waals surface area contributed by atoms with Crippen LogP contribution in [0, 0.1) is 10.1 Å². The molecule has 0 saturated heterocycles. The standard InChI is InChI=1S/C18H20N2O7/c1-26-13-7-8-14(15(9-13)20(24)25)17(22)16(21)10-19-18(23)27-11-12-5-3-2-4-6-12/h2-9,16-17,21-22H,10-11H2,1H3,(H,19,23). The van der Waals surface area contributed by atoms with Crippen molar-refractivity contribution in [1.29, 1.82) is 0 Å². The number of carbonyl (C=O) groups excluding carboxylic acids is 1. The highest BCUT2D eigenvalue weighted by molar-refractivity contribution is 5.67. The minimum Gasteiger partial charge on any atom is -0.497 e. The van der Waals surface area contributed by atoms with E-state index in [9.17, 15) is 25.1 Å². The summed E-state index contributed by atoms with van der Waals surface area (Å²) in [5.74, 6) is 0.245. The number of benzene rings is 2. The molecular weight excluding hydrogens is 356 g/mol. The fourth-order valence-electron chi connectivity index (χ4n) is 2.34. The van der Waals surface area contributed by atoms with Crippen molar-refractivity contribution in [1.82, 2.24) is 5.32 Å². The SMILES string of the molecule is COc1ccc(C(O)C(O)CNC(=O)OCc2ccccc2)c([N+](=O)[O-])c1. The lowest BCUT2D eigenvalue weighted by molar-refractivity contribution is -0.386. The fourth-order valence-corrected chi connectivity index (χ4v) is 2.34. The van der Waals surface area contributed by atoms with Crippen LogP contribution in [0.1, 0.15) is 17.2 Å². The number of ether oxygens (including phenoxy) is 2. The van der Waals surface area contributed by atoms with E-state index in [-0.39, 0.29) is 24.5 Å². The van der Waals surface area contributed by atoms with E-state index in [2.05, 4.69) is 5.32 Å². The molecule has 2 unspecified atom stereocenters. The van der Waals surface area contributed by atoms with Crippen LogP contribution in [0.3, 0.4) is 0 Å². The van der Waals surface area contributed by atoms with E-state index in [1.165, 1.54) is 19.2 Å². The van der Waals surface area contributed by atoms with Gasteiger partial charge in [0.2, 0.25) is 0 Å². The molecule has 0 aliphatic heterocycles. The third-order valence-electron chi connectivity index (χ3n) is 3.79. The lowest BCUT2D eigenvalue weighted by Gasteiger charge is -2.19. The Morgan fingerprint density at radius 2 is 1.93 bits per heavy atom. The third kappa shape index (κ3) is 5.66. The summed E-state index contributed by atoms with van der Waals surface area (Å²) in [5.41, 5.74) is 0.308. The molecule has 9 nitrogen and oxygen atoms in total. The van der Waals surface area contributed by atoms with E-state index in [0.717, 1.165) is 11.6 Å². The van der Waals surface area contributed by atoms with Crippen molar-refractivity contribution in [2.75, 3.05) is 13.7 Å². The van der Waals surface area contributed by atoms with Gasteiger partial charge in [-0.15, -0.1) is 0 Å². The highest BCUT2D eigenvalue weighted by Gasteiger charge is 2.27. The summed E-state index contributed by atoms with van der Waals surface area (Å²) in [7, 11) is 1.36. The summed E-state index contributed by atoms with van der Waals surface area (Å²) < 4.78 is 9.91. The summed E-state index contributed by atoms with van der Waals surface area (Å²) >= 11 is 0. The van der Waals surface area contributed by atoms with Gasteiger partial charge in [-0.2, -0.15) is 0 Å². The lowest BCUT2D eigenvalue weighted by atomic mass is 10.0. The maximum absolute atomic E-state index is 11.7. The van der Waals surface area contributed by atoms with Crippen LogP contribution in [0.2, 0.25) is 0 Å². The summed E-state index contributed by atoms with van der Waals surface area (Å²) in [6, 6.07) is 12.9. The van der Waals surface area contributed by atoms with E-state index >= 15 is 0 Å². The van der Waals surface area contributed by atoms with Crippen LogP contribution >= 0.6 is 0 Å². The van der Waals surface area contributed by atoms with Gasteiger partial charge >= 0.3 is 6.09 Å². The smallest absolute Gasteiger partial charge is 0.407 e. The number of amides is 1. The first-order chi connectivity index (χ1) is 12.9. The van der Waals surface area contributed by atoms with E-state index < -0.39 is 28.9 Å². The van der Waals surface area contributed by atoms with Crippen molar-refractivity contribution in [3.05, 3.63) is 69.8 Å². The van der Waals surface area contributed by atoms with E-state index in [1.54, 1.807) is 24.3 Å². The molecule has 9 heteroatoms. The molecule has 0 heterocycles. The molecule has 0 bridgehead atoms. The molecule has 0 aliphatic carbocycles.